The molecule has 1 N–H and O–H groups in total. The summed E-state index contributed by atoms with van der Waals surface area (Å²) in [6, 6.07) is 5.88. The molecule has 0 radical (unpaired) electrons. The van der Waals surface area contributed by atoms with Crippen LogP contribution >= 0.6 is 0 Å². The van der Waals surface area contributed by atoms with E-state index in [1.807, 2.05) is 16.4 Å². The van der Waals surface area contributed by atoms with E-state index < -0.39 is 10.0 Å². The molecule has 4 rings (SSSR count). The van der Waals surface area contributed by atoms with Gasteiger partial charge in [0.25, 0.3) is 0 Å². The van der Waals surface area contributed by atoms with Crippen molar-refractivity contribution in [2.75, 3.05) is 18.4 Å². The minimum absolute atomic E-state index is 0.233. The summed E-state index contributed by atoms with van der Waals surface area (Å²) in [5.41, 5.74) is 2.25. The molecule has 2 atom stereocenters. The lowest BCUT2D eigenvalue weighted by atomic mass is 9.79. The van der Waals surface area contributed by atoms with Crippen LogP contribution in [-0.2, 0) is 16.4 Å². The van der Waals surface area contributed by atoms with Gasteiger partial charge in [-0.15, -0.1) is 0 Å². The molecule has 1 aromatic rings. The molecule has 0 spiro atoms. The Balaban J connectivity index is 1.66. The summed E-state index contributed by atoms with van der Waals surface area (Å²) in [5, 5.41) is 3.36. The van der Waals surface area contributed by atoms with Gasteiger partial charge in [-0.25, -0.2) is 8.42 Å². The lowest BCUT2D eigenvalue weighted by molar-refractivity contribution is 0.129. The van der Waals surface area contributed by atoms with Gasteiger partial charge in [0, 0.05) is 24.8 Å². The molecule has 1 aliphatic carbocycles. The predicted octanol–water partition coefficient (Wildman–Crippen LogP) is 3.39. The predicted molar refractivity (Wildman–Crippen MR) is 92.1 cm³/mol. The van der Waals surface area contributed by atoms with Crippen molar-refractivity contribution in [3.63, 3.8) is 0 Å². The Bertz CT molecular complexity index is 684. The second-order valence-corrected chi connectivity index (χ2v) is 9.11. The van der Waals surface area contributed by atoms with Crippen molar-refractivity contribution in [2.45, 2.75) is 62.3 Å². The van der Waals surface area contributed by atoms with Crippen LogP contribution < -0.4 is 5.32 Å². The number of piperidine rings is 1. The first-order chi connectivity index (χ1) is 11.2. The maximum Gasteiger partial charge on any atom is 0.243 e. The highest BCUT2D eigenvalue weighted by atomic mass is 32.2. The van der Waals surface area contributed by atoms with E-state index in [1.165, 1.54) is 25.7 Å². The van der Waals surface area contributed by atoms with E-state index in [1.54, 1.807) is 6.07 Å². The van der Waals surface area contributed by atoms with Crippen LogP contribution in [0.2, 0.25) is 0 Å². The quantitative estimate of drug-likeness (QED) is 0.902. The van der Waals surface area contributed by atoms with Crippen molar-refractivity contribution in [3.8, 4) is 0 Å². The zero-order chi connectivity index (χ0) is 15.9. The first kappa shape index (κ1) is 15.5. The molecule has 0 bridgehead atoms. The molecule has 1 aromatic carbocycles. The van der Waals surface area contributed by atoms with Gasteiger partial charge < -0.3 is 5.32 Å². The van der Waals surface area contributed by atoms with Crippen molar-refractivity contribution in [1.82, 2.24) is 4.31 Å². The van der Waals surface area contributed by atoms with E-state index >= 15 is 0 Å². The number of nitrogens with one attached hydrogen (secondary N) is 1. The molecule has 2 fully saturated rings. The second-order valence-electron chi connectivity index (χ2n) is 7.22. The van der Waals surface area contributed by atoms with Crippen LogP contribution in [0.4, 0.5) is 5.69 Å². The molecule has 4 nitrogen and oxygen atoms in total. The topological polar surface area (TPSA) is 49.4 Å². The molecule has 5 heteroatoms. The summed E-state index contributed by atoms with van der Waals surface area (Å²) in [6.45, 7) is 1.67. The first-order valence-corrected chi connectivity index (χ1v) is 10.5. The number of hydrogen-bond donors (Lipinski definition) is 1. The molecule has 2 aliphatic heterocycles. The number of rotatable bonds is 2. The van der Waals surface area contributed by atoms with Gasteiger partial charge in [-0.2, -0.15) is 4.31 Å². The van der Waals surface area contributed by atoms with Crippen LogP contribution in [0.25, 0.3) is 0 Å². The van der Waals surface area contributed by atoms with Crippen LogP contribution in [0.1, 0.15) is 50.5 Å². The fourth-order valence-electron chi connectivity index (χ4n) is 4.62. The summed E-state index contributed by atoms with van der Waals surface area (Å²) in [6.07, 6.45) is 8.92. The summed E-state index contributed by atoms with van der Waals surface area (Å²) >= 11 is 0. The molecule has 0 unspecified atom stereocenters. The van der Waals surface area contributed by atoms with E-state index in [-0.39, 0.29) is 6.04 Å². The molecular weight excluding hydrogens is 308 g/mol. The summed E-state index contributed by atoms with van der Waals surface area (Å²) in [7, 11) is -3.36. The fraction of sp³-hybridized carbons (Fsp3) is 0.667. The van der Waals surface area contributed by atoms with Gasteiger partial charge in [-0.1, -0.05) is 12.8 Å². The third-order valence-corrected chi connectivity index (χ3v) is 7.73. The summed E-state index contributed by atoms with van der Waals surface area (Å²) in [4.78, 5) is 0.492. The number of benzene rings is 1. The fourth-order valence-corrected chi connectivity index (χ4v) is 6.43. The van der Waals surface area contributed by atoms with E-state index in [4.69, 9.17) is 0 Å². The zero-order valence-corrected chi connectivity index (χ0v) is 14.4. The molecule has 126 valence electrons. The van der Waals surface area contributed by atoms with Crippen molar-refractivity contribution in [1.29, 1.82) is 0 Å². The molecule has 0 amide bonds. The smallest absolute Gasteiger partial charge is 0.243 e. The lowest BCUT2D eigenvalue weighted by Crippen LogP contribution is -2.49. The Morgan fingerprint density at radius 3 is 2.78 bits per heavy atom. The monoisotopic (exact) mass is 334 g/mol. The molecule has 23 heavy (non-hydrogen) atoms. The third kappa shape index (κ3) is 2.78. The largest absolute Gasteiger partial charge is 0.385 e. The molecule has 3 aliphatic rings. The number of nitrogens with zero attached hydrogens (tertiary/aromatic N) is 1. The third-order valence-electron chi connectivity index (χ3n) is 5.81. The van der Waals surface area contributed by atoms with Gasteiger partial charge in [0.15, 0.2) is 0 Å². The SMILES string of the molecule is O=S(=O)(c1ccc2c(c1)CCCN2)N1CCC[C@@H]2CCCC[C@H]21. The minimum Gasteiger partial charge on any atom is -0.385 e. The average Bonchev–Trinajstić information content (AvgIpc) is 2.60. The number of anilines is 1. The highest BCUT2D eigenvalue weighted by molar-refractivity contribution is 7.89. The van der Waals surface area contributed by atoms with Crippen molar-refractivity contribution in [3.05, 3.63) is 23.8 Å². The van der Waals surface area contributed by atoms with Crippen LogP contribution in [-0.4, -0.2) is 31.9 Å². The summed E-state index contributed by atoms with van der Waals surface area (Å²) < 4.78 is 28.3. The van der Waals surface area contributed by atoms with Gasteiger partial charge in [0.1, 0.15) is 0 Å². The zero-order valence-electron chi connectivity index (χ0n) is 13.6. The normalized spacial score (nSPS) is 28.5. The first-order valence-electron chi connectivity index (χ1n) is 9.05. The van der Waals surface area contributed by atoms with E-state index in [2.05, 4.69) is 5.32 Å². The molecule has 1 saturated carbocycles. The number of sulfonamides is 1. The number of hydrogen-bond acceptors (Lipinski definition) is 3. The van der Waals surface area contributed by atoms with Gasteiger partial charge in [0.2, 0.25) is 10.0 Å². The number of fused-ring (bicyclic) bond motifs is 2. The van der Waals surface area contributed by atoms with Crippen LogP contribution in [0.15, 0.2) is 23.1 Å². The molecule has 2 heterocycles. The Morgan fingerprint density at radius 1 is 1.04 bits per heavy atom. The number of aryl methyl sites for hydroxylation is 1. The summed E-state index contributed by atoms with van der Waals surface area (Å²) in [5.74, 6) is 0.576. The standard InChI is InChI=1S/C18H26N2O2S/c21-23(22,16-9-10-17-15(13-16)6-3-11-19-17)20-12-4-7-14-5-1-2-8-18(14)20/h9-10,13-14,18-19H,1-8,11-12H2/t14-,18+/m0/s1. The highest BCUT2D eigenvalue weighted by Gasteiger charge is 2.40. The molecule has 0 aromatic heterocycles. The van der Waals surface area contributed by atoms with Gasteiger partial charge in [-0.05, 0) is 68.2 Å². The molecule has 1 saturated heterocycles. The van der Waals surface area contributed by atoms with Crippen molar-refractivity contribution >= 4 is 15.7 Å². The molecular formula is C18H26N2O2S. The van der Waals surface area contributed by atoms with Crippen molar-refractivity contribution < 1.29 is 8.42 Å². The second kappa shape index (κ2) is 6.10. The Labute approximate surface area is 139 Å². The lowest BCUT2D eigenvalue weighted by Gasteiger charge is -2.43. The van der Waals surface area contributed by atoms with E-state index in [0.717, 1.165) is 43.5 Å². The average molecular weight is 334 g/mol. The van der Waals surface area contributed by atoms with Crippen molar-refractivity contribution in [2.24, 2.45) is 5.92 Å². The van der Waals surface area contributed by atoms with E-state index in [9.17, 15) is 8.42 Å². The highest BCUT2D eigenvalue weighted by Crippen LogP contribution is 2.38. The van der Waals surface area contributed by atoms with Crippen LogP contribution in [0.3, 0.4) is 0 Å². The van der Waals surface area contributed by atoms with Gasteiger partial charge in [0.05, 0.1) is 4.90 Å². The maximum atomic E-state index is 13.2. The Kier molecular flexibility index (Phi) is 4.10. The Morgan fingerprint density at radius 2 is 1.87 bits per heavy atom. The minimum atomic E-state index is -3.36. The van der Waals surface area contributed by atoms with Gasteiger partial charge >= 0.3 is 0 Å². The maximum absolute atomic E-state index is 13.2. The van der Waals surface area contributed by atoms with Crippen LogP contribution in [0.5, 0.6) is 0 Å². The Hall–Kier alpha value is -1.07. The van der Waals surface area contributed by atoms with E-state index in [0.29, 0.717) is 17.4 Å². The van der Waals surface area contributed by atoms with Gasteiger partial charge in [-0.3, -0.25) is 0 Å². The van der Waals surface area contributed by atoms with Crippen LogP contribution in [0, 0.1) is 5.92 Å².